The van der Waals surface area contributed by atoms with Crippen LogP contribution in [0.1, 0.15) is 11.7 Å². The Labute approximate surface area is 144 Å². The van der Waals surface area contributed by atoms with Crippen molar-refractivity contribution >= 4 is 15.9 Å². The van der Waals surface area contributed by atoms with Gasteiger partial charge in [-0.1, -0.05) is 36.4 Å². The predicted molar refractivity (Wildman–Crippen MR) is 87.8 cm³/mol. The number of carbonyl (C=O) groups is 1. The molecule has 0 bridgehead atoms. The maximum atomic E-state index is 12.6. The lowest BCUT2D eigenvalue weighted by molar-refractivity contribution is -0.123. The van der Waals surface area contributed by atoms with E-state index in [1.807, 2.05) is 0 Å². The van der Waals surface area contributed by atoms with E-state index in [1.54, 1.807) is 42.5 Å². The van der Waals surface area contributed by atoms with Gasteiger partial charge in [-0.3, -0.25) is 4.79 Å². The highest BCUT2D eigenvalue weighted by Crippen LogP contribution is 2.37. The Hall–Kier alpha value is -3.00. The molecule has 1 heterocycles. The van der Waals surface area contributed by atoms with Gasteiger partial charge < -0.3 is 19.4 Å². The average molecular weight is 361 g/mol. The first-order valence-electron chi connectivity index (χ1n) is 7.27. The van der Waals surface area contributed by atoms with Crippen molar-refractivity contribution in [2.24, 2.45) is 5.73 Å². The van der Waals surface area contributed by atoms with Gasteiger partial charge in [0.05, 0.1) is 7.11 Å². The van der Waals surface area contributed by atoms with Crippen LogP contribution in [0.25, 0.3) is 0 Å². The second-order valence-electron chi connectivity index (χ2n) is 5.15. The number of carbonyl (C=O) groups excluding carboxylic acids is 1. The van der Waals surface area contributed by atoms with Crippen molar-refractivity contribution in [1.29, 1.82) is 0 Å². The fraction of sp³-hybridized carbons (Fsp3) is 0.118. The standard InChI is InChI=1S/C17H15NO6S/c1-22-13-10-6-5-9-12(13)15-14(19)16(17(18)23-15)24-25(20,21)11-7-3-2-4-8-11/h2-10,15H,18H2,1H3. The van der Waals surface area contributed by atoms with Gasteiger partial charge in [-0.2, -0.15) is 8.42 Å². The molecule has 2 aromatic rings. The fourth-order valence-electron chi connectivity index (χ4n) is 2.39. The first kappa shape index (κ1) is 16.8. The number of rotatable bonds is 5. The molecule has 0 amide bonds. The molecule has 1 unspecified atom stereocenters. The molecular formula is C17H15NO6S. The predicted octanol–water partition coefficient (Wildman–Crippen LogP) is 1.87. The minimum absolute atomic E-state index is 0.0937. The second-order valence-corrected chi connectivity index (χ2v) is 6.69. The number of nitrogens with two attached hydrogens (primary N) is 1. The van der Waals surface area contributed by atoms with E-state index in [-0.39, 0.29) is 10.8 Å². The summed E-state index contributed by atoms with van der Waals surface area (Å²) in [5, 5.41) is 0. The quantitative estimate of drug-likeness (QED) is 0.811. The first-order valence-corrected chi connectivity index (χ1v) is 8.68. The first-order chi connectivity index (χ1) is 11.9. The molecular weight excluding hydrogens is 346 g/mol. The van der Waals surface area contributed by atoms with Crippen LogP contribution < -0.4 is 10.5 Å². The summed E-state index contributed by atoms with van der Waals surface area (Å²) in [5.41, 5.74) is 6.10. The van der Waals surface area contributed by atoms with Gasteiger partial charge in [0.25, 0.3) is 0 Å². The zero-order valence-electron chi connectivity index (χ0n) is 13.2. The third kappa shape index (κ3) is 3.16. The zero-order chi connectivity index (χ0) is 18.0. The summed E-state index contributed by atoms with van der Waals surface area (Å²) >= 11 is 0. The summed E-state index contributed by atoms with van der Waals surface area (Å²) in [7, 11) is -2.75. The molecule has 7 nitrogen and oxygen atoms in total. The minimum atomic E-state index is -4.20. The van der Waals surface area contributed by atoms with E-state index >= 15 is 0 Å². The molecule has 1 atom stereocenters. The number of hydrogen-bond acceptors (Lipinski definition) is 7. The van der Waals surface area contributed by atoms with Crippen molar-refractivity contribution in [2.45, 2.75) is 11.0 Å². The lowest BCUT2D eigenvalue weighted by atomic mass is 10.0. The number of Topliss-reactive ketones (excluding diaryl/α,β-unsaturated/α-hetero) is 1. The van der Waals surface area contributed by atoms with Gasteiger partial charge >= 0.3 is 10.1 Å². The Balaban J connectivity index is 1.89. The highest BCUT2D eigenvalue weighted by molar-refractivity contribution is 7.86. The van der Waals surface area contributed by atoms with Gasteiger partial charge in [0.2, 0.25) is 17.4 Å². The van der Waals surface area contributed by atoms with Crippen LogP contribution in [0.5, 0.6) is 5.75 Å². The maximum Gasteiger partial charge on any atom is 0.339 e. The van der Waals surface area contributed by atoms with Crippen molar-refractivity contribution in [3.05, 3.63) is 71.8 Å². The largest absolute Gasteiger partial charge is 0.496 e. The van der Waals surface area contributed by atoms with Crippen LogP contribution in [0.15, 0.2) is 71.1 Å². The third-order valence-corrected chi connectivity index (χ3v) is 4.81. The monoisotopic (exact) mass is 361 g/mol. The molecule has 1 aliphatic heterocycles. The Morgan fingerprint density at radius 1 is 1.04 bits per heavy atom. The van der Waals surface area contributed by atoms with Gasteiger partial charge in [0.15, 0.2) is 6.10 Å². The molecule has 0 spiro atoms. The smallest absolute Gasteiger partial charge is 0.339 e. The molecule has 0 saturated carbocycles. The molecule has 3 rings (SSSR count). The Morgan fingerprint density at radius 2 is 1.68 bits per heavy atom. The van der Waals surface area contributed by atoms with Crippen molar-refractivity contribution in [2.75, 3.05) is 7.11 Å². The van der Waals surface area contributed by atoms with Gasteiger partial charge in [0.1, 0.15) is 10.6 Å². The lowest BCUT2D eigenvalue weighted by Crippen LogP contribution is -2.15. The van der Waals surface area contributed by atoms with E-state index in [0.717, 1.165) is 0 Å². The van der Waals surface area contributed by atoms with E-state index in [4.69, 9.17) is 19.4 Å². The topological polar surface area (TPSA) is 105 Å². The molecule has 8 heteroatoms. The molecule has 0 fully saturated rings. The molecule has 0 aromatic heterocycles. The molecule has 0 aliphatic carbocycles. The molecule has 130 valence electrons. The van der Waals surface area contributed by atoms with Crippen LogP contribution in [-0.4, -0.2) is 21.3 Å². The zero-order valence-corrected chi connectivity index (χ0v) is 14.0. The SMILES string of the molecule is COc1ccccc1C1OC(N)=C(OS(=O)(=O)c2ccccc2)C1=O. The summed E-state index contributed by atoms with van der Waals surface area (Å²) < 4.78 is 40.1. The van der Waals surface area contributed by atoms with Crippen molar-refractivity contribution in [3.63, 3.8) is 0 Å². The molecule has 0 saturated heterocycles. The summed E-state index contributed by atoms with van der Waals surface area (Å²) in [6, 6.07) is 14.2. The van der Waals surface area contributed by atoms with E-state index in [9.17, 15) is 13.2 Å². The van der Waals surface area contributed by atoms with Crippen molar-refractivity contribution in [3.8, 4) is 5.75 Å². The van der Waals surface area contributed by atoms with Crippen LogP contribution in [0.2, 0.25) is 0 Å². The average Bonchev–Trinajstić information content (AvgIpc) is 2.90. The summed E-state index contributed by atoms with van der Waals surface area (Å²) in [6.07, 6.45) is -1.13. The van der Waals surface area contributed by atoms with Gasteiger partial charge in [-0.05, 0) is 18.2 Å². The molecule has 1 aliphatic rings. The van der Waals surface area contributed by atoms with E-state index in [1.165, 1.54) is 19.2 Å². The van der Waals surface area contributed by atoms with Crippen molar-refractivity contribution in [1.82, 2.24) is 0 Å². The lowest BCUT2D eigenvalue weighted by Gasteiger charge is -2.13. The number of methoxy groups -OCH3 is 1. The number of para-hydroxylation sites is 1. The van der Waals surface area contributed by atoms with Crippen LogP contribution in [0.3, 0.4) is 0 Å². The number of benzene rings is 2. The fourth-order valence-corrected chi connectivity index (χ4v) is 3.36. The molecule has 25 heavy (non-hydrogen) atoms. The molecule has 2 aromatic carbocycles. The summed E-state index contributed by atoms with van der Waals surface area (Å²) in [4.78, 5) is 12.5. The van der Waals surface area contributed by atoms with Crippen molar-refractivity contribution < 1.29 is 26.9 Å². The second kappa shape index (κ2) is 6.48. The van der Waals surface area contributed by atoms with E-state index in [0.29, 0.717) is 11.3 Å². The highest BCUT2D eigenvalue weighted by atomic mass is 32.2. The van der Waals surface area contributed by atoms with Crippen LogP contribution in [-0.2, 0) is 23.8 Å². The Kier molecular flexibility index (Phi) is 4.37. The highest BCUT2D eigenvalue weighted by Gasteiger charge is 2.41. The summed E-state index contributed by atoms with van der Waals surface area (Å²) in [6.45, 7) is 0. The number of hydrogen-bond donors (Lipinski definition) is 1. The van der Waals surface area contributed by atoms with Gasteiger partial charge in [-0.25, -0.2) is 0 Å². The Bertz CT molecular complexity index is 937. The summed E-state index contributed by atoms with van der Waals surface area (Å²) in [5.74, 6) is -1.21. The van der Waals surface area contributed by atoms with Crippen LogP contribution in [0.4, 0.5) is 0 Å². The Morgan fingerprint density at radius 3 is 2.36 bits per heavy atom. The van der Waals surface area contributed by atoms with Gasteiger partial charge in [-0.15, -0.1) is 0 Å². The normalized spacial score (nSPS) is 17.3. The number of ether oxygens (including phenoxy) is 2. The third-order valence-electron chi connectivity index (χ3n) is 3.58. The van der Waals surface area contributed by atoms with E-state index in [2.05, 4.69) is 0 Å². The van der Waals surface area contributed by atoms with E-state index < -0.39 is 27.8 Å². The minimum Gasteiger partial charge on any atom is -0.496 e. The number of ketones is 1. The molecule has 2 N–H and O–H groups in total. The van der Waals surface area contributed by atoms with Gasteiger partial charge in [0, 0.05) is 5.56 Å². The van der Waals surface area contributed by atoms with Crippen LogP contribution >= 0.6 is 0 Å². The maximum absolute atomic E-state index is 12.6. The van der Waals surface area contributed by atoms with Crippen LogP contribution in [0, 0.1) is 0 Å². The molecule has 0 radical (unpaired) electrons.